The molecule has 1 aromatic rings. The van der Waals surface area contributed by atoms with Gasteiger partial charge >= 0.3 is 5.97 Å². The van der Waals surface area contributed by atoms with Crippen molar-refractivity contribution in [3.8, 4) is 0 Å². The van der Waals surface area contributed by atoms with Gasteiger partial charge in [0.05, 0.1) is 4.90 Å². The number of benzene rings is 1. The molecule has 0 radical (unpaired) electrons. The van der Waals surface area contributed by atoms with Crippen molar-refractivity contribution < 1.29 is 17.7 Å². The smallest absolute Gasteiger partial charge is 0.320 e. The van der Waals surface area contributed by atoms with Crippen molar-refractivity contribution in [2.24, 2.45) is 0 Å². The first kappa shape index (κ1) is 14.2. The quantitative estimate of drug-likeness (QED) is 0.768. The molecule has 0 aromatic heterocycles. The van der Waals surface area contributed by atoms with Gasteiger partial charge in [-0.1, -0.05) is 13.0 Å². The lowest BCUT2D eigenvalue weighted by Crippen LogP contribution is -2.07. The lowest BCUT2D eigenvalue weighted by molar-refractivity contribution is -0.133. The third-order valence-corrected chi connectivity index (χ3v) is 3.85. The Bertz CT molecular complexity index is 418. The molecule has 0 N–H and O–H groups in total. The molecule has 0 fully saturated rings. The summed E-state index contributed by atoms with van der Waals surface area (Å²) >= 11 is -2.97. The Kier molecular flexibility index (Phi) is 5.67. The molecule has 0 saturated heterocycles. The molecule has 4 nitrogen and oxygen atoms in total. The average Bonchev–Trinajstić information content (AvgIpc) is 2.29. The zero-order chi connectivity index (χ0) is 12.8. The Morgan fingerprint density at radius 1 is 1.53 bits per heavy atom. The van der Waals surface area contributed by atoms with Gasteiger partial charge in [0.1, 0.15) is 6.26 Å². The minimum absolute atomic E-state index is 0.241. The van der Waals surface area contributed by atoms with E-state index in [2.05, 4.69) is 0 Å². The van der Waals surface area contributed by atoms with E-state index in [0.29, 0.717) is 16.2 Å². The van der Waals surface area contributed by atoms with Gasteiger partial charge < -0.3 is 8.74 Å². The van der Waals surface area contributed by atoms with E-state index in [4.69, 9.17) is 4.18 Å². The van der Waals surface area contributed by atoms with Gasteiger partial charge in [-0.2, -0.15) is 0 Å². The van der Waals surface area contributed by atoms with Crippen LogP contribution < -0.4 is 0 Å². The Hall–Kier alpha value is -0.850. The molecule has 2 unspecified atom stereocenters. The largest absolute Gasteiger partial charge is 0.612 e. The second kappa shape index (κ2) is 6.78. The summed E-state index contributed by atoms with van der Waals surface area (Å²) in [5, 5.41) is 0. The van der Waals surface area contributed by atoms with E-state index in [-0.39, 0.29) is 6.42 Å². The molecule has 17 heavy (non-hydrogen) atoms. The van der Waals surface area contributed by atoms with Crippen LogP contribution in [0, 0.1) is 0 Å². The Morgan fingerprint density at radius 3 is 2.82 bits per heavy atom. The third kappa shape index (κ3) is 4.49. The van der Waals surface area contributed by atoms with Crippen molar-refractivity contribution in [3.05, 3.63) is 24.3 Å². The molecule has 0 aliphatic rings. The number of hydrogen-bond acceptors (Lipinski definition) is 4. The highest BCUT2D eigenvalue weighted by Crippen LogP contribution is 2.15. The molecule has 6 heteroatoms. The van der Waals surface area contributed by atoms with Gasteiger partial charge in [0.15, 0.2) is 4.90 Å². The molecule has 0 saturated carbocycles. The zero-order valence-corrected chi connectivity index (χ0v) is 11.3. The highest BCUT2D eigenvalue weighted by molar-refractivity contribution is 7.90. The molecule has 1 rings (SSSR count). The van der Waals surface area contributed by atoms with Crippen LogP contribution in [-0.2, 0) is 31.2 Å². The normalized spacial score (nSPS) is 14.1. The van der Waals surface area contributed by atoms with Gasteiger partial charge in [-0.15, -0.1) is 0 Å². The van der Waals surface area contributed by atoms with E-state index >= 15 is 0 Å². The van der Waals surface area contributed by atoms with E-state index in [9.17, 15) is 13.6 Å². The van der Waals surface area contributed by atoms with Gasteiger partial charge in [-0.25, -0.2) is 4.21 Å². The van der Waals surface area contributed by atoms with Crippen molar-refractivity contribution in [1.29, 1.82) is 0 Å². The van der Waals surface area contributed by atoms with Crippen LogP contribution in [0.4, 0.5) is 0 Å². The summed E-state index contributed by atoms with van der Waals surface area (Å²) in [5.74, 6) is -0.492. The summed E-state index contributed by atoms with van der Waals surface area (Å²) in [5.41, 5.74) is 0. The summed E-state index contributed by atoms with van der Waals surface area (Å²) in [7, 11) is 0. The number of carbonyl (C=O) groups excluding carboxylic acids is 1. The summed E-state index contributed by atoms with van der Waals surface area (Å²) in [4.78, 5) is 12.1. The van der Waals surface area contributed by atoms with E-state index < -0.39 is 28.2 Å². The van der Waals surface area contributed by atoms with E-state index in [1.54, 1.807) is 18.2 Å². The van der Waals surface area contributed by atoms with Crippen molar-refractivity contribution in [2.75, 3.05) is 6.26 Å². The molecule has 0 aliphatic heterocycles. The third-order valence-electron chi connectivity index (χ3n) is 1.95. The SMILES string of the molecule is CCCC(=O)OS(=O)c1cccc([S+](C)[O-])c1. The van der Waals surface area contributed by atoms with Gasteiger partial charge in [-0.05, 0) is 29.7 Å². The first-order valence-corrected chi connectivity index (χ1v) is 7.74. The van der Waals surface area contributed by atoms with Crippen molar-refractivity contribution in [2.45, 2.75) is 29.6 Å². The first-order valence-electron chi connectivity index (χ1n) is 5.11. The summed E-state index contributed by atoms with van der Waals surface area (Å²) in [6.45, 7) is 1.84. The van der Waals surface area contributed by atoms with E-state index in [0.717, 1.165) is 0 Å². The topological polar surface area (TPSA) is 66.4 Å². The fraction of sp³-hybridized carbons (Fsp3) is 0.364. The Balaban J connectivity index is 2.75. The van der Waals surface area contributed by atoms with E-state index in [1.807, 2.05) is 6.92 Å². The van der Waals surface area contributed by atoms with Crippen LogP contribution >= 0.6 is 0 Å². The van der Waals surface area contributed by atoms with E-state index in [1.165, 1.54) is 12.3 Å². The first-order chi connectivity index (χ1) is 8.04. The van der Waals surface area contributed by atoms with Crippen LogP contribution in [0.2, 0.25) is 0 Å². The van der Waals surface area contributed by atoms with Crippen LogP contribution in [0.5, 0.6) is 0 Å². The molecule has 0 spiro atoms. The maximum atomic E-state index is 11.7. The Morgan fingerprint density at radius 2 is 2.24 bits per heavy atom. The van der Waals surface area contributed by atoms with Crippen molar-refractivity contribution in [3.63, 3.8) is 0 Å². The molecule has 2 atom stereocenters. The maximum Gasteiger partial charge on any atom is 0.320 e. The second-order valence-electron chi connectivity index (χ2n) is 3.37. The number of rotatable bonds is 5. The molecule has 0 bridgehead atoms. The highest BCUT2D eigenvalue weighted by atomic mass is 32.2. The van der Waals surface area contributed by atoms with Crippen LogP contribution in [0.25, 0.3) is 0 Å². The summed E-state index contributed by atoms with van der Waals surface area (Å²) in [6.07, 6.45) is 2.42. The zero-order valence-electron chi connectivity index (χ0n) is 9.67. The van der Waals surface area contributed by atoms with Crippen LogP contribution in [0.1, 0.15) is 19.8 Å². The van der Waals surface area contributed by atoms with Crippen LogP contribution in [-0.4, -0.2) is 21.0 Å². The van der Waals surface area contributed by atoms with Gasteiger partial charge in [0.2, 0.25) is 11.1 Å². The van der Waals surface area contributed by atoms with Gasteiger partial charge in [-0.3, -0.25) is 4.79 Å². The molecule has 0 aliphatic carbocycles. The predicted molar refractivity (Wildman–Crippen MR) is 66.2 cm³/mol. The van der Waals surface area contributed by atoms with Crippen molar-refractivity contribution in [1.82, 2.24) is 0 Å². The molecule has 0 heterocycles. The maximum absolute atomic E-state index is 11.7. The fourth-order valence-corrected chi connectivity index (χ4v) is 2.53. The van der Waals surface area contributed by atoms with Crippen LogP contribution in [0.15, 0.2) is 34.1 Å². The second-order valence-corrected chi connectivity index (χ2v) is 5.86. The number of carbonyl (C=O) groups is 1. The molecular formula is C11H14O4S2. The average molecular weight is 274 g/mol. The minimum Gasteiger partial charge on any atom is -0.612 e. The summed E-state index contributed by atoms with van der Waals surface area (Å²) in [6, 6.07) is 6.40. The molecule has 0 amide bonds. The minimum atomic E-state index is -1.83. The highest BCUT2D eigenvalue weighted by Gasteiger charge is 2.13. The lowest BCUT2D eigenvalue weighted by atomic mass is 10.4. The standard InChI is InChI=1S/C11H14O4S2/c1-3-5-11(12)15-17(14)10-7-4-6-9(8-10)16(2)13/h4,6-8H,3,5H2,1-2H3. The van der Waals surface area contributed by atoms with Crippen molar-refractivity contribution >= 4 is 28.2 Å². The molecule has 1 aromatic carbocycles. The molecule has 94 valence electrons. The van der Waals surface area contributed by atoms with Gasteiger partial charge in [0.25, 0.3) is 0 Å². The Labute approximate surface area is 106 Å². The fourth-order valence-electron chi connectivity index (χ4n) is 1.14. The number of hydrogen-bond donors (Lipinski definition) is 0. The monoisotopic (exact) mass is 274 g/mol. The summed E-state index contributed by atoms with van der Waals surface area (Å²) < 4.78 is 27.7. The molecular weight excluding hydrogens is 260 g/mol. The predicted octanol–water partition coefficient (Wildman–Crippen LogP) is 1.79. The van der Waals surface area contributed by atoms with Crippen LogP contribution in [0.3, 0.4) is 0 Å². The lowest BCUT2D eigenvalue weighted by Gasteiger charge is -2.06. The van der Waals surface area contributed by atoms with Gasteiger partial charge in [0, 0.05) is 12.5 Å².